The van der Waals surface area contributed by atoms with Crippen molar-refractivity contribution in [2.24, 2.45) is 0 Å². The third kappa shape index (κ3) is 3.96. The molecule has 5 nitrogen and oxygen atoms in total. The summed E-state index contributed by atoms with van der Waals surface area (Å²) in [6, 6.07) is 9.66. The topological polar surface area (TPSA) is 59.5 Å². The smallest absolute Gasteiger partial charge is 0.410 e. The van der Waals surface area contributed by atoms with Gasteiger partial charge < -0.3 is 9.64 Å². The van der Waals surface area contributed by atoms with Gasteiger partial charge in [-0.1, -0.05) is 30.3 Å². The molecule has 2 heterocycles. The van der Waals surface area contributed by atoms with Gasteiger partial charge >= 0.3 is 6.09 Å². The molecule has 6 heteroatoms. The third-order valence-electron chi connectivity index (χ3n) is 3.97. The lowest BCUT2D eigenvalue weighted by Gasteiger charge is -2.30. The van der Waals surface area contributed by atoms with Crippen LogP contribution in [0.2, 0.25) is 0 Å². The van der Waals surface area contributed by atoms with Crippen molar-refractivity contribution in [2.75, 3.05) is 13.1 Å². The molecule has 120 valence electrons. The number of aromatic nitrogens is 1. The Labute approximate surface area is 138 Å². The minimum absolute atomic E-state index is 0.264. The van der Waals surface area contributed by atoms with E-state index in [1.807, 2.05) is 30.3 Å². The number of likely N-dealkylation sites (tertiary alicyclic amines) is 1. The summed E-state index contributed by atoms with van der Waals surface area (Å²) < 4.78 is 5.36. The highest BCUT2D eigenvalue weighted by Gasteiger charge is 2.26. The van der Waals surface area contributed by atoms with Gasteiger partial charge in [-0.15, -0.1) is 11.3 Å². The zero-order valence-electron chi connectivity index (χ0n) is 12.7. The number of ether oxygens (including phenoxy) is 1. The summed E-state index contributed by atoms with van der Waals surface area (Å²) in [6.07, 6.45) is 2.22. The standard InChI is InChI=1S/C17H18N2O3S/c20-10-15-12-23-16(18-15)14-6-8-19(9-7-14)17(21)22-11-13-4-2-1-3-5-13/h1-5,10,12,14H,6-9,11H2. The lowest BCUT2D eigenvalue weighted by molar-refractivity contribution is 0.0870. The van der Waals surface area contributed by atoms with E-state index in [2.05, 4.69) is 4.98 Å². The molecule has 1 aromatic heterocycles. The second-order valence-electron chi connectivity index (χ2n) is 5.53. The summed E-state index contributed by atoms with van der Waals surface area (Å²) in [6.45, 7) is 1.62. The molecule has 0 atom stereocenters. The van der Waals surface area contributed by atoms with E-state index in [1.54, 1.807) is 10.3 Å². The quantitative estimate of drug-likeness (QED) is 0.805. The maximum absolute atomic E-state index is 12.1. The van der Waals surface area contributed by atoms with E-state index >= 15 is 0 Å². The van der Waals surface area contributed by atoms with Gasteiger partial charge in [0.05, 0.1) is 5.01 Å². The molecule has 1 aliphatic heterocycles. The number of amides is 1. The zero-order valence-corrected chi connectivity index (χ0v) is 13.5. The highest BCUT2D eigenvalue weighted by Crippen LogP contribution is 2.30. The molecule has 0 radical (unpaired) electrons. The van der Waals surface area contributed by atoms with E-state index in [-0.39, 0.29) is 6.09 Å². The lowest BCUT2D eigenvalue weighted by atomic mass is 9.98. The van der Waals surface area contributed by atoms with Gasteiger partial charge in [-0.05, 0) is 18.4 Å². The number of rotatable bonds is 4. The minimum Gasteiger partial charge on any atom is -0.445 e. The Kier molecular flexibility index (Phi) is 5.02. The predicted octanol–water partition coefficient (Wildman–Crippen LogP) is 3.47. The van der Waals surface area contributed by atoms with Crippen molar-refractivity contribution in [3.63, 3.8) is 0 Å². The van der Waals surface area contributed by atoms with Crippen LogP contribution in [0.3, 0.4) is 0 Å². The largest absolute Gasteiger partial charge is 0.445 e. The molecule has 0 saturated carbocycles. The van der Waals surface area contributed by atoms with Crippen molar-refractivity contribution >= 4 is 23.7 Å². The third-order valence-corrected chi connectivity index (χ3v) is 4.99. The maximum atomic E-state index is 12.1. The normalized spacial score (nSPS) is 15.4. The molecule has 1 fully saturated rings. The van der Waals surface area contributed by atoms with Crippen LogP contribution in [0.4, 0.5) is 4.79 Å². The van der Waals surface area contributed by atoms with Crippen LogP contribution in [0.5, 0.6) is 0 Å². The van der Waals surface area contributed by atoms with Gasteiger partial charge in [-0.3, -0.25) is 4.79 Å². The fraction of sp³-hybridized carbons (Fsp3) is 0.353. The molecule has 2 aromatic rings. The molecule has 1 aliphatic rings. The van der Waals surface area contributed by atoms with Crippen molar-refractivity contribution in [2.45, 2.75) is 25.4 Å². The van der Waals surface area contributed by atoms with Crippen LogP contribution < -0.4 is 0 Å². The molecule has 0 spiro atoms. The summed E-state index contributed by atoms with van der Waals surface area (Å²) in [4.78, 5) is 28.9. The fourth-order valence-corrected chi connectivity index (χ4v) is 3.60. The summed E-state index contributed by atoms with van der Waals surface area (Å²) in [5.74, 6) is 0.326. The Morgan fingerprint density at radius 3 is 2.70 bits per heavy atom. The molecular formula is C17H18N2O3S. The van der Waals surface area contributed by atoms with Crippen molar-refractivity contribution in [1.82, 2.24) is 9.88 Å². The van der Waals surface area contributed by atoms with Crippen LogP contribution in [0, 0.1) is 0 Å². The molecule has 23 heavy (non-hydrogen) atoms. The van der Waals surface area contributed by atoms with E-state index in [0.29, 0.717) is 31.3 Å². The molecule has 0 bridgehead atoms. The van der Waals surface area contributed by atoms with Gasteiger partial charge in [-0.25, -0.2) is 9.78 Å². The van der Waals surface area contributed by atoms with Crippen molar-refractivity contribution in [3.05, 3.63) is 52.0 Å². The average molecular weight is 330 g/mol. The highest BCUT2D eigenvalue weighted by molar-refractivity contribution is 7.09. The van der Waals surface area contributed by atoms with Crippen molar-refractivity contribution in [1.29, 1.82) is 0 Å². The number of nitrogens with zero attached hydrogens (tertiary/aromatic N) is 2. The van der Waals surface area contributed by atoms with E-state index in [1.165, 1.54) is 11.3 Å². The summed E-state index contributed by atoms with van der Waals surface area (Å²) in [5.41, 5.74) is 1.48. The summed E-state index contributed by atoms with van der Waals surface area (Å²) in [5, 5.41) is 2.77. The van der Waals surface area contributed by atoms with E-state index in [0.717, 1.165) is 29.7 Å². The van der Waals surface area contributed by atoms with Gasteiger partial charge in [0, 0.05) is 24.4 Å². The molecule has 0 unspecified atom stereocenters. The molecule has 3 rings (SSSR count). The first-order valence-electron chi connectivity index (χ1n) is 7.62. The maximum Gasteiger partial charge on any atom is 0.410 e. The first kappa shape index (κ1) is 15.7. The number of aldehydes is 1. The van der Waals surface area contributed by atoms with Gasteiger partial charge in [-0.2, -0.15) is 0 Å². The number of thiazole rings is 1. The molecule has 0 N–H and O–H groups in total. The molecule has 1 amide bonds. The lowest BCUT2D eigenvalue weighted by Crippen LogP contribution is -2.38. The SMILES string of the molecule is O=Cc1csc(C2CCN(C(=O)OCc3ccccc3)CC2)n1. The first-order chi connectivity index (χ1) is 11.3. The Balaban J connectivity index is 1.48. The van der Waals surface area contributed by atoms with Gasteiger partial charge in [0.25, 0.3) is 0 Å². The number of hydrogen-bond acceptors (Lipinski definition) is 5. The van der Waals surface area contributed by atoms with Gasteiger partial charge in [0.2, 0.25) is 0 Å². The number of carbonyl (C=O) groups is 2. The highest BCUT2D eigenvalue weighted by atomic mass is 32.1. The Hall–Kier alpha value is -2.21. The molecular weight excluding hydrogens is 312 g/mol. The van der Waals surface area contributed by atoms with Crippen LogP contribution in [0.25, 0.3) is 0 Å². The summed E-state index contributed by atoms with van der Waals surface area (Å²) >= 11 is 1.52. The van der Waals surface area contributed by atoms with Crippen LogP contribution in [-0.4, -0.2) is 35.4 Å². The van der Waals surface area contributed by atoms with Crippen LogP contribution in [0.15, 0.2) is 35.7 Å². The zero-order chi connectivity index (χ0) is 16.1. The Bertz CT molecular complexity index is 663. The van der Waals surface area contributed by atoms with Crippen LogP contribution >= 0.6 is 11.3 Å². The van der Waals surface area contributed by atoms with Gasteiger partial charge in [0.1, 0.15) is 12.3 Å². The van der Waals surface area contributed by atoms with E-state index < -0.39 is 0 Å². The van der Waals surface area contributed by atoms with E-state index in [9.17, 15) is 9.59 Å². The Morgan fingerprint density at radius 1 is 1.30 bits per heavy atom. The molecule has 0 aliphatic carbocycles. The predicted molar refractivity (Wildman–Crippen MR) is 87.7 cm³/mol. The monoisotopic (exact) mass is 330 g/mol. The summed E-state index contributed by atoms with van der Waals surface area (Å²) in [7, 11) is 0. The number of piperidine rings is 1. The first-order valence-corrected chi connectivity index (χ1v) is 8.50. The van der Waals surface area contributed by atoms with E-state index in [4.69, 9.17) is 4.74 Å². The van der Waals surface area contributed by atoms with Crippen molar-refractivity contribution in [3.8, 4) is 0 Å². The van der Waals surface area contributed by atoms with Crippen LogP contribution in [-0.2, 0) is 11.3 Å². The average Bonchev–Trinajstić information content (AvgIpc) is 3.10. The minimum atomic E-state index is -0.264. The Morgan fingerprint density at radius 2 is 2.04 bits per heavy atom. The van der Waals surface area contributed by atoms with Crippen LogP contribution in [0.1, 0.15) is 39.8 Å². The second kappa shape index (κ2) is 7.37. The van der Waals surface area contributed by atoms with Gasteiger partial charge in [0.15, 0.2) is 6.29 Å². The number of benzene rings is 1. The molecule has 1 aromatic carbocycles. The van der Waals surface area contributed by atoms with Crippen molar-refractivity contribution < 1.29 is 14.3 Å². The number of carbonyl (C=O) groups excluding carboxylic acids is 2. The molecule has 1 saturated heterocycles. The fourth-order valence-electron chi connectivity index (χ4n) is 2.66. The second-order valence-corrected chi connectivity index (χ2v) is 6.42. The number of hydrogen-bond donors (Lipinski definition) is 0.